The highest BCUT2D eigenvalue weighted by molar-refractivity contribution is 7.15. The molecule has 2 fully saturated rings. The van der Waals surface area contributed by atoms with Gasteiger partial charge in [-0.05, 0) is 31.2 Å². The molecular weight excluding hydrogens is 424 g/mol. The lowest BCUT2D eigenvalue weighted by Crippen LogP contribution is -2.51. The van der Waals surface area contributed by atoms with Crippen LogP contribution in [-0.4, -0.2) is 47.6 Å². The van der Waals surface area contributed by atoms with E-state index in [1.54, 1.807) is 0 Å². The first-order valence-electron chi connectivity index (χ1n) is 11.6. The summed E-state index contributed by atoms with van der Waals surface area (Å²) in [6.45, 7) is 2.40. The molecular formula is C24H30N4O3S. The maximum atomic E-state index is 13.8. The molecule has 1 saturated heterocycles. The minimum atomic E-state index is -0.524. The third-order valence-electron chi connectivity index (χ3n) is 7.01. The number of amides is 3. The van der Waals surface area contributed by atoms with Gasteiger partial charge in [-0.3, -0.25) is 10.1 Å². The van der Waals surface area contributed by atoms with Crippen molar-refractivity contribution >= 4 is 28.4 Å². The van der Waals surface area contributed by atoms with Gasteiger partial charge in [0.15, 0.2) is 5.13 Å². The summed E-state index contributed by atoms with van der Waals surface area (Å²) in [5.41, 5.74) is 1.55. The van der Waals surface area contributed by atoms with Crippen LogP contribution in [0.5, 0.6) is 0 Å². The SMILES string of the molecule is O=C(Nc1nc2c(s1)CN(C(=O)C1(c3ccccc3)CCOCC1)CC2)NC1CCCC1. The molecule has 3 aliphatic rings. The predicted octanol–water partition coefficient (Wildman–Crippen LogP) is 3.84. The van der Waals surface area contributed by atoms with E-state index in [2.05, 4.69) is 27.8 Å². The van der Waals surface area contributed by atoms with Gasteiger partial charge < -0.3 is 15.0 Å². The molecule has 0 spiro atoms. The summed E-state index contributed by atoms with van der Waals surface area (Å²) in [5, 5.41) is 6.56. The quantitative estimate of drug-likeness (QED) is 0.735. The predicted molar refractivity (Wildman–Crippen MR) is 124 cm³/mol. The van der Waals surface area contributed by atoms with Gasteiger partial charge >= 0.3 is 6.03 Å². The number of carbonyl (C=O) groups is 2. The summed E-state index contributed by atoms with van der Waals surface area (Å²) in [7, 11) is 0. The molecule has 7 nitrogen and oxygen atoms in total. The standard InChI is InChI=1S/C24H30N4O3S/c29-21(24(11-14-31-15-12-24)17-6-2-1-3-7-17)28-13-10-19-20(16-28)32-23(26-19)27-22(30)25-18-8-4-5-9-18/h1-3,6-7,18H,4-5,8-16H2,(H2,25,26,27,30). The molecule has 2 aliphatic heterocycles. The number of benzene rings is 1. The van der Waals surface area contributed by atoms with Crippen LogP contribution in [0.25, 0.3) is 0 Å². The minimum Gasteiger partial charge on any atom is -0.381 e. The number of hydrogen-bond acceptors (Lipinski definition) is 5. The lowest BCUT2D eigenvalue weighted by Gasteiger charge is -2.41. The van der Waals surface area contributed by atoms with Gasteiger partial charge in [0, 0.05) is 37.1 Å². The Morgan fingerprint density at radius 1 is 1.12 bits per heavy atom. The van der Waals surface area contributed by atoms with E-state index in [1.807, 2.05) is 23.1 Å². The van der Waals surface area contributed by atoms with E-state index in [0.29, 0.717) is 50.7 Å². The lowest BCUT2D eigenvalue weighted by atomic mass is 9.73. The summed E-state index contributed by atoms with van der Waals surface area (Å²) in [5.74, 6) is 0.180. The summed E-state index contributed by atoms with van der Waals surface area (Å²) in [6, 6.07) is 10.2. The van der Waals surface area contributed by atoms with E-state index >= 15 is 0 Å². The Kier molecular flexibility index (Phi) is 6.15. The van der Waals surface area contributed by atoms with E-state index < -0.39 is 5.41 Å². The third-order valence-corrected chi connectivity index (χ3v) is 8.01. The molecule has 170 valence electrons. The zero-order valence-electron chi connectivity index (χ0n) is 18.3. The molecule has 0 unspecified atom stereocenters. The van der Waals surface area contributed by atoms with Gasteiger partial charge in [-0.15, -0.1) is 0 Å². The average Bonchev–Trinajstić information content (AvgIpc) is 3.48. The van der Waals surface area contributed by atoms with Crippen LogP contribution in [-0.2, 0) is 27.9 Å². The van der Waals surface area contributed by atoms with Crippen LogP contribution in [0.15, 0.2) is 30.3 Å². The summed E-state index contributed by atoms with van der Waals surface area (Å²) < 4.78 is 5.60. The summed E-state index contributed by atoms with van der Waals surface area (Å²) >= 11 is 1.48. The lowest BCUT2D eigenvalue weighted by molar-refractivity contribution is -0.142. The molecule has 0 radical (unpaired) electrons. The molecule has 1 aliphatic carbocycles. The molecule has 2 aromatic rings. The van der Waals surface area contributed by atoms with Crippen molar-refractivity contribution in [1.82, 2.24) is 15.2 Å². The van der Waals surface area contributed by atoms with Gasteiger partial charge in [0.25, 0.3) is 0 Å². The van der Waals surface area contributed by atoms with Gasteiger partial charge in [-0.1, -0.05) is 54.5 Å². The first-order valence-corrected chi connectivity index (χ1v) is 12.4. The monoisotopic (exact) mass is 454 g/mol. The molecule has 0 bridgehead atoms. The Balaban J connectivity index is 1.29. The zero-order valence-corrected chi connectivity index (χ0v) is 19.1. The Hall–Kier alpha value is -2.45. The van der Waals surface area contributed by atoms with Crippen LogP contribution in [0, 0.1) is 0 Å². The minimum absolute atomic E-state index is 0.179. The normalized spacial score (nSPS) is 20.6. The van der Waals surface area contributed by atoms with Crippen molar-refractivity contribution in [3.8, 4) is 0 Å². The number of nitrogens with zero attached hydrogens (tertiary/aromatic N) is 2. The molecule has 3 amide bonds. The molecule has 8 heteroatoms. The van der Waals surface area contributed by atoms with Gasteiger partial charge in [-0.25, -0.2) is 9.78 Å². The highest BCUT2D eigenvalue weighted by Gasteiger charge is 2.44. The number of fused-ring (bicyclic) bond motifs is 1. The number of hydrogen-bond donors (Lipinski definition) is 2. The smallest absolute Gasteiger partial charge is 0.321 e. The van der Waals surface area contributed by atoms with Crippen molar-refractivity contribution in [3.63, 3.8) is 0 Å². The molecule has 1 saturated carbocycles. The average molecular weight is 455 g/mol. The number of anilines is 1. The fraction of sp³-hybridized carbons (Fsp3) is 0.542. The van der Waals surface area contributed by atoms with Crippen molar-refractivity contribution in [2.24, 2.45) is 0 Å². The van der Waals surface area contributed by atoms with Crippen molar-refractivity contribution < 1.29 is 14.3 Å². The van der Waals surface area contributed by atoms with Crippen LogP contribution in [0.4, 0.5) is 9.93 Å². The van der Waals surface area contributed by atoms with Crippen LogP contribution in [0.1, 0.15) is 54.7 Å². The molecule has 1 aromatic heterocycles. The maximum Gasteiger partial charge on any atom is 0.321 e. The Morgan fingerprint density at radius 3 is 2.62 bits per heavy atom. The highest BCUT2D eigenvalue weighted by Crippen LogP contribution is 2.38. The molecule has 3 heterocycles. The van der Waals surface area contributed by atoms with Gasteiger partial charge in [-0.2, -0.15) is 0 Å². The number of aromatic nitrogens is 1. The zero-order chi connectivity index (χ0) is 22.0. The Bertz CT molecular complexity index is 965. The van der Waals surface area contributed by atoms with Crippen LogP contribution in [0.2, 0.25) is 0 Å². The number of carbonyl (C=O) groups excluding carboxylic acids is 2. The van der Waals surface area contributed by atoms with E-state index in [1.165, 1.54) is 24.2 Å². The molecule has 5 rings (SSSR count). The van der Waals surface area contributed by atoms with Crippen LogP contribution < -0.4 is 10.6 Å². The Morgan fingerprint density at radius 2 is 1.88 bits per heavy atom. The summed E-state index contributed by atoms with van der Waals surface area (Å²) in [6.07, 6.45) is 6.57. The highest BCUT2D eigenvalue weighted by atomic mass is 32.1. The molecule has 2 N–H and O–H groups in total. The van der Waals surface area contributed by atoms with Gasteiger partial charge in [0.1, 0.15) is 0 Å². The van der Waals surface area contributed by atoms with E-state index in [4.69, 9.17) is 4.74 Å². The summed E-state index contributed by atoms with van der Waals surface area (Å²) in [4.78, 5) is 33.8. The second kappa shape index (κ2) is 9.19. The third kappa shape index (κ3) is 4.26. The molecule has 32 heavy (non-hydrogen) atoms. The van der Waals surface area contributed by atoms with Crippen molar-refractivity contribution in [3.05, 3.63) is 46.5 Å². The second-order valence-corrected chi connectivity index (χ2v) is 10.1. The van der Waals surface area contributed by atoms with Crippen molar-refractivity contribution in [2.45, 2.75) is 62.9 Å². The number of ether oxygens (including phenoxy) is 1. The van der Waals surface area contributed by atoms with Gasteiger partial charge in [0.2, 0.25) is 5.91 Å². The van der Waals surface area contributed by atoms with Crippen molar-refractivity contribution in [1.29, 1.82) is 0 Å². The fourth-order valence-electron chi connectivity index (χ4n) is 5.22. The van der Waals surface area contributed by atoms with Crippen LogP contribution in [0.3, 0.4) is 0 Å². The molecule has 0 atom stereocenters. The largest absolute Gasteiger partial charge is 0.381 e. The fourth-order valence-corrected chi connectivity index (χ4v) is 6.24. The van der Waals surface area contributed by atoms with Gasteiger partial charge in [0.05, 0.1) is 17.7 Å². The first-order chi connectivity index (χ1) is 15.6. The second-order valence-electron chi connectivity index (χ2n) is 9.01. The number of nitrogens with one attached hydrogen (secondary N) is 2. The number of rotatable bonds is 4. The van der Waals surface area contributed by atoms with E-state index in [9.17, 15) is 9.59 Å². The molecule has 1 aromatic carbocycles. The number of urea groups is 1. The topological polar surface area (TPSA) is 83.6 Å². The van der Waals surface area contributed by atoms with E-state index in [0.717, 1.165) is 29.0 Å². The van der Waals surface area contributed by atoms with Crippen molar-refractivity contribution in [2.75, 3.05) is 25.1 Å². The van der Waals surface area contributed by atoms with E-state index in [-0.39, 0.29) is 18.0 Å². The number of thiazole rings is 1. The van der Waals surface area contributed by atoms with Crippen LogP contribution >= 0.6 is 11.3 Å². The Labute approximate surface area is 192 Å². The maximum absolute atomic E-state index is 13.8. The first kappa shape index (κ1) is 21.4.